The molecule has 0 aromatic heterocycles. The van der Waals surface area contributed by atoms with Crippen LogP contribution in [0.25, 0.3) is 11.1 Å². The average molecular weight is 531 g/mol. The maximum Gasteiger partial charge on any atom is 0.315 e. The van der Waals surface area contributed by atoms with Crippen molar-refractivity contribution in [1.29, 1.82) is 0 Å². The van der Waals surface area contributed by atoms with E-state index >= 15 is 0 Å². The number of carbonyl (C=O) groups is 4. The number of hydrogen-bond donors (Lipinski definition) is 5. The summed E-state index contributed by atoms with van der Waals surface area (Å²) in [5.41, 5.74) is 3.55. The van der Waals surface area contributed by atoms with Gasteiger partial charge in [-0.1, -0.05) is 84.9 Å². The fourth-order valence-corrected chi connectivity index (χ4v) is 3.96. The van der Waals surface area contributed by atoms with Gasteiger partial charge in [0.25, 0.3) is 0 Å². The van der Waals surface area contributed by atoms with Gasteiger partial charge in [0.1, 0.15) is 0 Å². The van der Waals surface area contributed by atoms with Crippen LogP contribution in [0.15, 0.2) is 84.9 Å². The predicted octanol–water partition coefficient (Wildman–Crippen LogP) is 3.59. The van der Waals surface area contributed by atoms with Crippen LogP contribution in [-0.4, -0.2) is 48.6 Å². The van der Waals surface area contributed by atoms with Crippen LogP contribution in [-0.2, 0) is 14.4 Å². The first-order valence-corrected chi connectivity index (χ1v) is 12.8. The third kappa shape index (κ3) is 9.62. The lowest BCUT2D eigenvalue weighted by Gasteiger charge is -2.15. The number of carbonyl (C=O) groups excluding carboxylic acids is 3. The van der Waals surface area contributed by atoms with E-state index in [1.165, 1.54) is 0 Å². The van der Waals surface area contributed by atoms with Crippen LogP contribution in [0.1, 0.15) is 42.9 Å². The monoisotopic (exact) mass is 530 g/mol. The first-order valence-electron chi connectivity index (χ1n) is 12.8. The highest BCUT2D eigenvalue weighted by atomic mass is 16.4. The molecule has 0 bridgehead atoms. The quantitative estimate of drug-likeness (QED) is 0.215. The summed E-state index contributed by atoms with van der Waals surface area (Å²) in [5, 5.41) is 20.3. The van der Waals surface area contributed by atoms with Gasteiger partial charge in [-0.05, 0) is 35.6 Å². The Balaban J connectivity index is 1.33. The number of amides is 4. The minimum absolute atomic E-state index is 0.102. The minimum atomic E-state index is -1.05. The molecule has 0 spiro atoms. The van der Waals surface area contributed by atoms with Crippen LogP contribution in [0.2, 0.25) is 0 Å². The second-order valence-corrected chi connectivity index (χ2v) is 9.10. The van der Waals surface area contributed by atoms with E-state index in [0.29, 0.717) is 18.5 Å². The summed E-state index contributed by atoms with van der Waals surface area (Å²) in [5.74, 6) is -2.79. The molecule has 3 aromatic carbocycles. The standard InChI is InChI=1S/C30H34N4O5/c1-21(22-9-4-2-5-10-22)34-30(39)31-18-8-13-27(35)33-20-28(36)32-19-26(29(37)38)25-16-14-24(15-17-25)23-11-6-3-7-12-23/h2-7,9-12,14-17,21,26H,8,13,18-20H2,1H3,(H,32,36)(H,33,35)(H,37,38)(H2,31,34,39)/t21-,26?/m1/s1. The second kappa shape index (κ2) is 14.9. The average Bonchev–Trinajstić information content (AvgIpc) is 2.95. The highest BCUT2D eigenvalue weighted by Gasteiger charge is 2.21. The SMILES string of the molecule is C[C@@H](NC(=O)NCCCC(=O)NCC(=O)NCC(C(=O)O)c1ccc(-c2ccccc2)cc1)c1ccccc1. The first-order chi connectivity index (χ1) is 18.8. The summed E-state index contributed by atoms with van der Waals surface area (Å²) in [4.78, 5) is 48.1. The Labute approximate surface area is 228 Å². The van der Waals surface area contributed by atoms with Crippen LogP contribution >= 0.6 is 0 Å². The van der Waals surface area contributed by atoms with Crippen molar-refractivity contribution in [2.45, 2.75) is 31.7 Å². The predicted molar refractivity (Wildman–Crippen MR) is 149 cm³/mol. The maximum absolute atomic E-state index is 12.2. The van der Waals surface area contributed by atoms with E-state index in [1.807, 2.05) is 79.7 Å². The summed E-state index contributed by atoms with van der Waals surface area (Å²) in [6, 6.07) is 26.0. The molecule has 0 radical (unpaired) electrons. The lowest BCUT2D eigenvalue weighted by Crippen LogP contribution is -2.40. The van der Waals surface area contributed by atoms with Crippen molar-refractivity contribution in [2.24, 2.45) is 0 Å². The zero-order chi connectivity index (χ0) is 28.0. The summed E-state index contributed by atoms with van der Waals surface area (Å²) in [6.45, 7) is 1.82. The van der Waals surface area contributed by atoms with Gasteiger partial charge < -0.3 is 26.4 Å². The molecule has 0 aliphatic heterocycles. The number of aliphatic carboxylic acids is 1. The molecule has 3 aromatic rings. The lowest BCUT2D eigenvalue weighted by atomic mass is 9.96. The van der Waals surface area contributed by atoms with E-state index in [9.17, 15) is 24.3 Å². The van der Waals surface area contributed by atoms with Crippen molar-refractivity contribution in [3.8, 4) is 11.1 Å². The fraction of sp³-hybridized carbons (Fsp3) is 0.267. The van der Waals surface area contributed by atoms with E-state index in [-0.39, 0.29) is 37.5 Å². The molecule has 3 rings (SSSR count). The molecule has 0 aliphatic rings. The molecular formula is C30H34N4O5. The number of carboxylic acids is 1. The largest absolute Gasteiger partial charge is 0.481 e. The van der Waals surface area contributed by atoms with Gasteiger partial charge in [0.2, 0.25) is 11.8 Å². The second-order valence-electron chi connectivity index (χ2n) is 9.10. The Kier molecular flexibility index (Phi) is 11.1. The van der Waals surface area contributed by atoms with Gasteiger partial charge in [0.15, 0.2) is 0 Å². The number of urea groups is 1. The number of nitrogens with one attached hydrogen (secondary N) is 4. The van der Waals surface area contributed by atoms with Crippen LogP contribution in [0.4, 0.5) is 4.79 Å². The number of benzene rings is 3. The number of hydrogen-bond acceptors (Lipinski definition) is 4. The molecule has 204 valence electrons. The molecule has 1 unspecified atom stereocenters. The van der Waals surface area contributed by atoms with E-state index in [1.54, 1.807) is 12.1 Å². The first kappa shape index (κ1) is 28.9. The molecule has 39 heavy (non-hydrogen) atoms. The Morgan fingerprint density at radius 2 is 1.33 bits per heavy atom. The van der Waals surface area contributed by atoms with E-state index in [2.05, 4.69) is 21.3 Å². The van der Waals surface area contributed by atoms with Crippen molar-refractivity contribution in [3.05, 3.63) is 96.1 Å². The Hall–Kier alpha value is -4.66. The summed E-state index contributed by atoms with van der Waals surface area (Å²) in [6.07, 6.45) is 0.536. The molecule has 2 atom stereocenters. The normalized spacial score (nSPS) is 12.0. The van der Waals surface area contributed by atoms with E-state index in [4.69, 9.17) is 0 Å². The number of rotatable bonds is 13. The highest BCUT2D eigenvalue weighted by Crippen LogP contribution is 2.23. The fourth-order valence-electron chi connectivity index (χ4n) is 3.96. The zero-order valence-electron chi connectivity index (χ0n) is 21.9. The molecule has 0 heterocycles. The van der Waals surface area contributed by atoms with Gasteiger partial charge in [-0.15, -0.1) is 0 Å². The zero-order valence-corrected chi connectivity index (χ0v) is 21.9. The van der Waals surface area contributed by atoms with E-state index in [0.717, 1.165) is 16.7 Å². The molecule has 0 saturated carbocycles. The van der Waals surface area contributed by atoms with Gasteiger partial charge in [-0.2, -0.15) is 0 Å². The van der Waals surface area contributed by atoms with Crippen LogP contribution in [0.3, 0.4) is 0 Å². The van der Waals surface area contributed by atoms with Gasteiger partial charge in [-0.25, -0.2) is 4.79 Å². The smallest absolute Gasteiger partial charge is 0.315 e. The summed E-state index contributed by atoms with van der Waals surface area (Å²) in [7, 11) is 0. The van der Waals surface area contributed by atoms with Crippen LogP contribution < -0.4 is 21.3 Å². The topological polar surface area (TPSA) is 137 Å². The van der Waals surface area contributed by atoms with Crippen molar-refractivity contribution < 1.29 is 24.3 Å². The van der Waals surface area contributed by atoms with Gasteiger partial charge in [-0.3, -0.25) is 14.4 Å². The highest BCUT2D eigenvalue weighted by molar-refractivity contribution is 5.85. The van der Waals surface area contributed by atoms with Crippen LogP contribution in [0, 0.1) is 0 Å². The molecule has 0 aliphatic carbocycles. The lowest BCUT2D eigenvalue weighted by molar-refractivity contribution is -0.138. The van der Waals surface area contributed by atoms with Gasteiger partial charge in [0.05, 0.1) is 18.5 Å². The van der Waals surface area contributed by atoms with Crippen molar-refractivity contribution in [3.63, 3.8) is 0 Å². The van der Waals surface area contributed by atoms with E-state index < -0.39 is 17.8 Å². The summed E-state index contributed by atoms with van der Waals surface area (Å²) < 4.78 is 0. The molecule has 5 N–H and O–H groups in total. The molecule has 0 saturated heterocycles. The van der Waals surface area contributed by atoms with Gasteiger partial charge >= 0.3 is 12.0 Å². The molecular weight excluding hydrogens is 496 g/mol. The number of carboxylic acid groups (broad SMARTS) is 1. The Morgan fingerprint density at radius 3 is 1.97 bits per heavy atom. The minimum Gasteiger partial charge on any atom is -0.481 e. The molecule has 4 amide bonds. The molecule has 0 fully saturated rings. The van der Waals surface area contributed by atoms with Crippen molar-refractivity contribution >= 4 is 23.8 Å². The third-order valence-electron chi connectivity index (χ3n) is 6.18. The maximum atomic E-state index is 12.2. The Bertz CT molecular complexity index is 1230. The third-order valence-corrected chi connectivity index (χ3v) is 6.18. The van der Waals surface area contributed by atoms with Crippen molar-refractivity contribution in [1.82, 2.24) is 21.3 Å². The molecule has 9 heteroatoms. The van der Waals surface area contributed by atoms with Gasteiger partial charge in [0, 0.05) is 19.5 Å². The Morgan fingerprint density at radius 1 is 0.718 bits per heavy atom. The summed E-state index contributed by atoms with van der Waals surface area (Å²) >= 11 is 0. The molecule has 9 nitrogen and oxygen atoms in total. The van der Waals surface area contributed by atoms with Crippen molar-refractivity contribution in [2.75, 3.05) is 19.6 Å². The van der Waals surface area contributed by atoms with Crippen LogP contribution in [0.5, 0.6) is 0 Å².